The van der Waals surface area contributed by atoms with Crippen molar-refractivity contribution in [2.45, 2.75) is 12.3 Å². The largest absolute Gasteiger partial charge is 0.497 e. The second-order valence-electron chi connectivity index (χ2n) is 5.65. The topological polar surface area (TPSA) is 106 Å². The smallest absolute Gasteiger partial charge is 0.338 e. The van der Waals surface area contributed by atoms with Crippen molar-refractivity contribution in [1.29, 1.82) is 5.26 Å². The van der Waals surface area contributed by atoms with Crippen molar-refractivity contribution in [1.82, 2.24) is 4.90 Å². The zero-order chi connectivity index (χ0) is 18.8. The number of thioether (sulfide) groups is 1. The van der Waals surface area contributed by atoms with E-state index in [0.717, 1.165) is 0 Å². The van der Waals surface area contributed by atoms with Crippen LogP contribution in [0.2, 0.25) is 0 Å². The van der Waals surface area contributed by atoms with Crippen LogP contribution in [-0.4, -0.2) is 36.7 Å². The summed E-state index contributed by atoms with van der Waals surface area (Å²) in [5.41, 5.74) is 7.29. The minimum absolute atomic E-state index is 0.0175. The normalized spacial score (nSPS) is 19.8. The van der Waals surface area contributed by atoms with Crippen LogP contribution in [0.3, 0.4) is 0 Å². The standard InChI is InChI=1S/C18H17N3O4S/c1-24-11-5-3-10(4-6-11)14-12(9-19)17-21(13(22)7-8-26-17)16(20)15(14)18(23)25-2/h3-6,14H,7-8,20H2,1-2H3. The summed E-state index contributed by atoms with van der Waals surface area (Å²) < 4.78 is 10.1. The van der Waals surface area contributed by atoms with Crippen LogP contribution < -0.4 is 10.5 Å². The molecule has 2 aliphatic heterocycles. The number of nitrogens with two attached hydrogens (primary N) is 1. The summed E-state index contributed by atoms with van der Waals surface area (Å²) in [4.78, 5) is 26.1. The number of carbonyl (C=O) groups is 2. The van der Waals surface area contributed by atoms with Gasteiger partial charge in [-0.15, -0.1) is 11.8 Å². The van der Waals surface area contributed by atoms with E-state index >= 15 is 0 Å². The molecule has 1 saturated heterocycles. The minimum Gasteiger partial charge on any atom is -0.497 e. The molecule has 1 atom stereocenters. The monoisotopic (exact) mass is 371 g/mol. The van der Waals surface area contributed by atoms with Crippen molar-refractivity contribution < 1.29 is 19.1 Å². The fraction of sp³-hybridized carbons (Fsp3) is 0.278. The molecule has 0 aromatic heterocycles. The molecule has 2 N–H and O–H groups in total. The lowest BCUT2D eigenvalue weighted by molar-refractivity contribution is -0.136. The average Bonchev–Trinajstić information content (AvgIpc) is 2.67. The van der Waals surface area contributed by atoms with Gasteiger partial charge in [0.2, 0.25) is 5.91 Å². The molecule has 2 heterocycles. The summed E-state index contributed by atoms with van der Waals surface area (Å²) in [6.45, 7) is 0. The Labute approximate surface area is 155 Å². The fourth-order valence-electron chi connectivity index (χ4n) is 3.08. The predicted octanol–water partition coefficient (Wildman–Crippen LogP) is 1.84. The average molecular weight is 371 g/mol. The molecule has 0 saturated carbocycles. The van der Waals surface area contributed by atoms with Gasteiger partial charge in [-0.2, -0.15) is 5.26 Å². The van der Waals surface area contributed by atoms with Crippen LogP contribution in [0.15, 0.2) is 46.3 Å². The van der Waals surface area contributed by atoms with Gasteiger partial charge in [0.05, 0.1) is 42.4 Å². The number of esters is 1. The first-order chi connectivity index (χ1) is 12.5. The van der Waals surface area contributed by atoms with Crippen molar-refractivity contribution in [2.75, 3.05) is 20.0 Å². The van der Waals surface area contributed by atoms with Crippen molar-refractivity contribution in [3.63, 3.8) is 0 Å². The molecule has 0 aliphatic carbocycles. The van der Waals surface area contributed by atoms with E-state index in [1.54, 1.807) is 31.4 Å². The van der Waals surface area contributed by atoms with Crippen LogP contribution in [0.5, 0.6) is 5.75 Å². The number of allylic oxidation sites excluding steroid dienone is 1. The highest BCUT2D eigenvalue weighted by Crippen LogP contribution is 2.46. The van der Waals surface area contributed by atoms with Crippen molar-refractivity contribution in [3.8, 4) is 11.8 Å². The van der Waals surface area contributed by atoms with Gasteiger partial charge in [0.15, 0.2) is 0 Å². The molecule has 1 aromatic rings. The summed E-state index contributed by atoms with van der Waals surface area (Å²) in [7, 11) is 2.80. The first-order valence-corrected chi connectivity index (χ1v) is 8.84. The van der Waals surface area contributed by atoms with Gasteiger partial charge in [0, 0.05) is 12.2 Å². The van der Waals surface area contributed by atoms with Gasteiger partial charge < -0.3 is 15.2 Å². The maximum absolute atomic E-state index is 12.5. The van der Waals surface area contributed by atoms with Gasteiger partial charge >= 0.3 is 5.97 Å². The van der Waals surface area contributed by atoms with Gasteiger partial charge in [0.25, 0.3) is 0 Å². The highest BCUT2D eigenvalue weighted by molar-refractivity contribution is 8.03. The maximum atomic E-state index is 12.5. The molecule has 7 nitrogen and oxygen atoms in total. The van der Waals surface area contributed by atoms with E-state index in [1.807, 2.05) is 0 Å². The molecule has 1 fully saturated rings. The lowest BCUT2D eigenvalue weighted by atomic mass is 9.83. The molecule has 134 valence electrons. The maximum Gasteiger partial charge on any atom is 0.338 e. The van der Waals surface area contributed by atoms with Crippen LogP contribution in [-0.2, 0) is 14.3 Å². The summed E-state index contributed by atoms with van der Waals surface area (Å²) >= 11 is 1.39. The number of nitrogens with zero attached hydrogens (tertiary/aromatic N) is 2. The number of nitriles is 1. The number of benzene rings is 1. The van der Waals surface area contributed by atoms with E-state index in [-0.39, 0.29) is 23.7 Å². The second-order valence-corrected chi connectivity index (χ2v) is 6.74. The van der Waals surface area contributed by atoms with E-state index in [1.165, 1.54) is 23.8 Å². The SMILES string of the molecule is COC(=O)C1=C(N)N2C(=O)CCSC2=C(C#N)C1c1ccc(OC)cc1. The van der Waals surface area contributed by atoms with Crippen LogP contribution in [0.4, 0.5) is 0 Å². The number of fused-ring (bicyclic) bond motifs is 1. The Hall–Kier alpha value is -2.92. The Morgan fingerprint density at radius 3 is 2.62 bits per heavy atom. The molecule has 1 unspecified atom stereocenters. The van der Waals surface area contributed by atoms with Crippen molar-refractivity contribution >= 4 is 23.6 Å². The molecule has 0 radical (unpaired) electrons. The zero-order valence-corrected chi connectivity index (χ0v) is 15.1. The Morgan fingerprint density at radius 1 is 1.35 bits per heavy atom. The number of amides is 1. The van der Waals surface area contributed by atoms with Crippen LogP contribution in [0.25, 0.3) is 0 Å². The molecular weight excluding hydrogens is 354 g/mol. The molecule has 2 aliphatic rings. The highest BCUT2D eigenvalue weighted by atomic mass is 32.2. The van der Waals surface area contributed by atoms with Gasteiger partial charge in [-0.1, -0.05) is 12.1 Å². The fourth-order valence-corrected chi connectivity index (χ4v) is 4.20. The highest BCUT2D eigenvalue weighted by Gasteiger charge is 2.42. The first kappa shape index (κ1) is 17.9. The molecular formula is C18H17N3O4S. The van der Waals surface area contributed by atoms with Crippen LogP contribution in [0.1, 0.15) is 17.9 Å². The quantitative estimate of drug-likeness (QED) is 0.808. The van der Waals surface area contributed by atoms with E-state index < -0.39 is 11.9 Å². The number of rotatable bonds is 3. The molecule has 3 rings (SSSR count). The van der Waals surface area contributed by atoms with E-state index in [0.29, 0.717) is 27.7 Å². The van der Waals surface area contributed by atoms with Crippen molar-refractivity contribution in [2.24, 2.45) is 5.73 Å². The number of carbonyl (C=O) groups excluding carboxylic acids is 2. The Balaban J connectivity index is 2.23. The third kappa shape index (κ3) is 2.80. The zero-order valence-electron chi connectivity index (χ0n) is 14.3. The number of hydrogen-bond donors (Lipinski definition) is 1. The predicted molar refractivity (Wildman–Crippen MR) is 95.5 cm³/mol. The summed E-state index contributed by atoms with van der Waals surface area (Å²) in [5, 5.41) is 10.3. The lowest BCUT2D eigenvalue weighted by Crippen LogP contribution is -2.42. The van der Waals surface area contributed by atoms with E-state index in [2.05, 4.69) is 6.07 Å². The molecule has 0 spiro atoms. The number of hydrogen-bond acceptors (Lipinski definition) is 7. The second kappa shape index (κ2) is 7.14. The summed E-state index contributed by atoms with van der Waals surface area (Å²) in [6.07, 6.45) is 0.287. The van der Waals surface area contributed by atoms with Gasteiger partial charge in [-0.3, -0.25) is 9.69 Å². The third-order valence-corrected chi connectivity index (χ3v) is 5.39. The van der Waals surface area contributed by atoms with Crippen LogP contribution >= 0.6 is 11.8 Å². The molecule has 1 aromatic carbocycles. The Kier molecular flexibility index (Phi) is 4.91. The Morgan fingerprint density at radius 2 is 2.04 bits per heavy atom. The third-order valence-electron chi connectivity index (χ3n) is 4.31. The minimum atomic E-state index is -0.706. The molecule has 26 heavy (non-hydrogen) atoms. The molecule has 8 heteroatoms. The van der Waals surface area contributed by atoms with E-state index in [9.17, 15) is 14.9 Å². The van der Waals surface area contributed by atoms with Crippen LogP contribution in [0, 0.1) is 11.3 Å². The van der Waals surface area contributed by atoms with E-state index in [4.69, 9.17) is 15.2 Å². The summed E-state index contributed by atoms with van der Waals surface area (Å²) in [5.74, 6) is -0.383. The Bertz CT molecular complexity index is 867. The lowest BCUT2D eigenvalue weighted by Gasteiger charge is -2.37. The summed E-state index contributed by atoms with van der Waals surface area (Å²) in [6, 6.07) is 9.18. The molecule has 1 amide bonds. The molecule has 0 bridgehead atoms. The van der Waals surface area contributed by atoms with Gasteiger partial charge in [0.1, 0.15) is 11.6 Å². The first-order valence-electron chi connectivity index (χ1n) is 7.85. The van der Waals surface area contributed by atoms with Gasteiger partial charge in [-0.05, 0) is 17.7 Å². The number of ether oxygens (including phenoxy) is 2. The van der Waals surface area contributed by atoms with Crippen molar-refractivity contribution in [3.05, 3.63) is 51.8 Å². The number of methoxy groups -OCH3 is 2. The van der Waals surface area contributed by atoms with Gasteiger partial charge in [-0.25, -0.2) is 4.79 Å².